The van der Waals surface area contributed by atoms with E-state index in [0.29, 0.717) is 5.69 Å². The van der Waals surface area contributed by atoms with Crippen LogP contribution in [0.25, 0.3) is 0 Å². The summed E-state index contributed by atoms with van der Waals surface area (Å²) in [6.45, 7) is 3.32. The highest BCUT2D eigenvalue weighted by Crippen LogP contribution is 2.18. The molecule has 0 aliphatic heterocycles. The molecule has 7 nitrogen and oxygen atoms in total. The van der Waals surface area contributed by atoms with Crippen LogP contribution in [-0.4, -0.2) is 23.8 Å². The molecule has 8 heteroatoms. The van der Waals surface area contributed by atoms with E-state index in [4.69, 9.17) is 4.52 Å². The van der Waals surface area contributed by atoms with Crippen LogP contribution in [0.1, 0.15) is 17.0 Å². The summed E-state index contributed by atoms with van der Waals surface area (Å²) in [5, 5.41) is 9.95. The van der Waals surface area contributed by atoms with Gasteiger partial charge in [-0.3, -0.25) is 5.10 Å². The minimum atomic E-state index is -3.60. The molecule has 2 rings (SSSR count). The number of hydrogen-bond acceptors (Lipinski definition) is 5. The number of H-pyrrole nitrogens is 1. The topological polar surface area (TPSA) is 101 Å². The van der Waals surface area contributed by atoms with Crippen LogP contribution >= 0.6 is 0 Å². The predicted octanol–water partition coefficient (Wildman–Crippen LogP) is 0.493. The molecule has 0 aliphatic carbocycles. The number of nitrogens with one attached hydrogen (secondary N) is 2. The molecule has 0 radical (unpaired) electrons. The molecule has 92 valence electrons. The van der Waals surface area contributed by atoms with E-state index in [1.165, 1.54) is 0 Å². The number of nitrogens with zero attached hydrogens (tertiary/aromatic N) is 2. The molecular formula is C9H12N4O3S. The third kappa shape index (κ3) is 2.37. The van der Waals surface area contributed by atoms with Crippen molar-refractivity contribution in [2.24, 2.45) is 0 Å². The van der Waals surface area contributed by atoms with Crippen LogP contribution in [0.5, 0.6) is 0 Å². The molecular weight excluding hydrogens is 244 g/mol. The third-order valence-electron chi connectivity index (χ3n) is 2.26. The van der Waals surface area contributed by atoms with E-state index in [1.807, 2.05) is 0 Å². The van der Waals surface area contributed by atoms with Crippen molar-refractivity contribution in [3.8, 4) is 0 Å². The average molecular weight is 256 g/mol. The van der Waals surface area contributed by atoms with Gasteiger partial charge in [0.25, 0.3) is 0 Å². The molecule has 2 aromatic heterocycles. The summed E-state index contributed by atoms with van der Waals surface area (Å²) in [6, 6.07) is 0. The molecule has 0 aromatic carbocycles. The number of rotatable bonds is 4. The fourth-order valence-corrected chi connectivity index (χ4v) is 2.83. The molecule has 17 heavy (non-hydrogen) atoms. The number of aromatic amines is 1. The van der Waals surface area contributed by atoms with E-state index in [1.54, 1.807) is 26.2 Å². The van der Waals surface area contributed by atoms with Gasteiger partial charge in [0.2, 0.25) is 10.0 Å². The van der Waals surface area contributed by atoms with Crippen LogP contribution in [0.4, 0.5) is 0 Å². The van der Waals surface area contributed by atoms with Gasteiger partial charge in [0.15, 0.2) is 5.76 Å². The fraction of sp³-hybridized carbons (Fsp3) is 0.333. The molecule has 0 saturated carbocycles. The molecule has 0 aliphatic rings. The minimum absolute atomic E-state index is 0.0981. The quantitative estimate of drug-likeness (QED) is 0.829. The maximum Gasteiger partial charge on any atom is 0.246 e. The number of aromatic nitrogens is 3. The molecule has 0 fully saturated rings. The van der Waals surface area contributed by atoms with Gasteiger partial charge < -0.3 is 4.52 Å². The van der Waals surface area contributed by atoms with Crippen LogP contribution in [0.15, 0.2) is 21.8 Å². The second-order valence-electron chi connectivity index (χ2n) is 3.58. The standard InChI is InChI=1S/C9H12N4O3S/c1-6-9(7(2)16-13-6)17(14,15)12-5-8-3-10-11-4-8/h3-4,12H,5H2,1-2H3,(H,10,11). The molecule has 0 bridgehead atoms. The maximum absolute atomic E-state index is 12.0. The summed E-state index contributed by atoms with van der Waals surface area (Å²) in [4.78, 5) is 0.0981. The molecule has 0 amide bonds. The Morgan fingerprint density at radius 1 is 1.47 bits per heavy atom. The van der Waals surface area contributed by atoms with E-state index >= 15 is 0 Å². The summed E-state index contributed by atoms with van der Waals surface area (Å²) in [5.41, 5.74) is 1.10. The fourth-order valence-electron chi connectivity index (χ4n) is 1.48. The molecule has 0 atom stereocenters. The Balaban J connectivity index is 2.20. The van der Waals surface area contributed by atoms with E-state index in [9.17, 15) is 8.42 Å². The predicted molar refractivity (Wildman–Crippen MR) is 58.6 cm³/mol. The summed E-state index contributed by atoms with van der Waals surface area (Å²) < 4.78 is 31.3. The van der Waals surface area contributed by atoms with Crippen molar-refractivity contribution in [3.63, 3.8) is 0 Å². The monoisotopic (exact) mass is 256 g/mol. The summed E-state index contributed by atoms with van der Waals surface area (Å²) in [7, 11) is -3.60. The minimum Gasteiger partial charge on any atom is -0.360 e. The lowest BCUT2D eigenvalue weighted by Crippen LogP contribution is -2.24. The van der Waals surface area contributed by atoms with Crippen molar-refractivity contribution in [1.82, 2.24) is 20.1 Å². The van der Waals surface area contributed by atoms with E-state index in [2.05, 4.69) is 20.1 Å². The van der Waals surface area contributed by atoms with Crippen LogP contribution in [-0.2, 0) is 16.6 Å². The SMILES string of the molecule is Cc1noc(C)c1S(=O)(=O)NCc1cn[nH]c1. The van der Waals surface area contributed by atoms with Gasteiger partial charge in [0.05, 0.1) is 6.20 Å². The van der Waals surface area contributed by atoms with Crippen molar-refractivity contribution >= 4 is 10.0 Å². The summed E-state index contributed by atoms with van der Waals surface area (Å²) in [6.07, 6.45) is 3.17. The van der Waals surface area contributed by atoms with E-state index in [0.717, 1.165) is 5.56 Å². The van der Waals surface area contributed by atoms with Crippen molar-refractivity contribution in [2.75, 3.05) is 0 Å². The summed E-state index contributed by atoms with van der Waals surface area (Å²) in [5.74, 6) is 0.280. The van der Waals surface area contributed by atoms with Crippen molar-refractivity contribution in [3.05, 3.63) is 29.4 Å². The lowest BCUT2D eigenvalue weighted by atomic mass is 10.4. The second-order valence-corrected chi connectivity index (χ2v) is 5.29. The average Bonchev–Trinajstić information content (AvgIpc) is 2.86. The molecule has 0 unspecified atom stereocenters. The molecule has 2 aromatic rings. The Bertz CT molecular complexity index is 581. The van der Waals surface area contributed by atoms with E-state index in [-0.39, 0.29) is 17.2 Å². The van der Waals surface area contributed by atoms with Crippen molar-refractivity contribution in [2.45, 2.75) is 25.3 Å². The summed E-state index contributed by atoms with van der Waals surface area (Å²) >= 11 is 0. The van der Waals surface area contributed by atoms with Crippen LogP contribution in [0, 0.1) is 13.8 Å². The van der Waals surface area contributed by atoms with Gasteiger partial charge in [0, 0.05) is 18.3 Å². The first-order valence-electron chi connectivity index (χ1n) is 4.91. The Kier molecular flexibility index (Phi) is 2.99. The Labute approximate surface area is 98.3 Å². The number of sulfonamides is 1. The van der Waals surface area contributed by atoms with Gasteiger partial charge in [-0.15, -0.1) is 0 Å². The van der Waals surface area contributed by atoms with E-state index < -0.39 is 10.0 Å². The van der Waals surface area contributed by atoms with Gasteiger partial charge in [-0.25, -0.2) is 13.1 Å². The van der Waals surface area contributed by atoms with Crippen LogP contribution < -0.4 is 4.72 Å². The first-order chi connectivity index (χ1) is 8.00. The van der Waals surface area contributed by atoms with Gasteiger partial charge in [0.1, 0.15) is 10.6 Å². The Hall–Kier alpha value is -1.67. The highest BCUT2D eigenvalue weighted by Gasteiger charge is 2.23. The van der Waals surface area contributed by atoms with Crippen molar-refractivity contribution < 1.29 is 12.9 Å². The largest absolute Gasteiger partial charge is 0.360 e. The maximum atomic E-state index is 12.0. The molecule has 2 N–H and O–H groups in total. The van der Waals surface area contributed by atoms with Crippen LogP contribution in [0.3, 0.4) is 0 Å². The van der Waals surface area contributed by atoms with Gasteiger partial charge in [-0.05, 0) is 13.8 Å². The highest BCUT2D eigenvalue weighted by atomic mass is 32.2. The Morgan fingerprint density at radius 2 is 2.24 bits per heavy atom. The third-order valence-corrected chi connectivity index (χ3v) is 3.90. The lowest BCUT2D eigenvalue weighted by Gasteiger charge is -2.04. The smallest absolute Gasteiger partial charge is 0.246 e. The number of aryl methyl sites for hydroxylation is 2. The molecule has 0 spiro atoms. The highest BCUT2D eigenvalue weighted by molar-refractivity contribution is 7.89. The first kappa shape index (κ1) is 11.8. The second kappa shape index (κ2) is 4.30. The zero-order chi connectivity index (χ0) is 12.5. The van der Waals surface area contributed by atoms with Gasteiger partial charge in [-0.2, -0.15) is 5.10 Å². The number of hydrogen-bond donors (Lipinski definition) is 2. The van der Waals surface area contributed by atoms with Crippen LogP contribution in [0.2, 0.25) is 0 Å². The van der Waals surface area contributed by atoms with Crippen molar-refractivity contribution in [1.29, 1.82) is 0 Å². The first-order valence-corrected chi connectivity index (χ1v) is 6.39. The molecule has 2 heterocycles. The Morgan fingerprint density at radius 3 is 2.76 bits per heavy atom. The molecule has 0 saturated heterocycles. The lowest BCUT2D eigenvalue weighted by molar-refractivity contribution is 0.390. The van der Waals surface area contributed by atoms with Gasteiger partial charge >= 0.3 is 0 Å². The normalized spacial score (nSPS) is 11.9. The van der Waals surface area contributed by atoms with Gasteiger partial charge in [-0.1, -0.05) is 5.16 Å². The zero-order valence-electron chi connectivity index (χ0n) is 9.39. The zero-order valence-corrected chi connectivity index (χ0v) is 10.2.